The fraction of sp³-hybridized carbons (Fsp3) is 0.750. The van der Waals surface area contributed by atoms with E-state index in [1.807, 2.05) is 0 Å². The molecular weight excluding hydrogens is 288 g/mol. The summed E-state index contributed by atoms with van der Waals surface area (Å²) < 4.78 is 0. The number of hydrogen-bond acceptors (Lipinski definition) is 4. The van der Waals surface area contributed by atoms with Crippen LogP contribution in [0.5, 0.6) is 0 Å². The second-order valence-corrected chi connectivity index (χ2v) is 5.98. The number of ketones is 2. The summed E-state index contributed by atoms with van der Waals surface area (Å²) in [5.74, 6) is -1.60. The first-order valence-corrected chi connectivity index (χ1v) is 7.88. The third-order valence-electron chi connectivity index (χ3n) is 4.30. The normalized spacial score (nSPS) is 21.0. The molecule has 22 heavy (non-hydrogen) atoms. The molecule has 0 amide bonds. The van der Waals surface area contributed by atoms with Gasteiger partial charge in [-0.25, -0.2) is 0 Å². The molecule has 0 radical (unpaired) electrons. The maximum absolute atomic E-state index is 11.9. The highest BCUT2D eigenvalue weighted by atomic mass is 16.4. The Balaban J connectivity index is 2.28. The topological polar surface area (TPSA) is 109 Å². The summed E-state index contributed by atoms with van der Waals surface area (Å²) in [6.45, 7) is 0. The van der Waals surface area contributed by atoms with E-state index in [0.717, 1.165) is 6.42 Å². The van der Waals surface area contributed by atoms with Gasteiger partial charge < -0.3 is 10.2 Å². The molecule has 2 N–H and O–H groups in total. The first-order valence-electron chi connectivity index (χ1n) is 7.88. The van der Waals surface area contributed by atoms with Crippen molar-refractivity contribution in [3.63, 3.8) is 0 Å². The Bertz CT molecular complexity index is 428. The number of rotatable bonds is 11. The van der Waals surface area contributed by atoms with Crippen LogP contribution in [-0.2, 0) is 19.2 Å². The summed E-state index contributed by atoms with van der Waals surface area (Å²) >= 11 is 0. The largest absolute Gasteiger partial charge is 0.481 e. The van der Waals surface area contributed by atoms with Crippen LogP contribution in [0.3, 0.4) is 0 Å². The molecule has 1 fully saturated rings. The van der Waals surface area contributed by atoms with Gasteiger partial charge in [-0.3, -0.25) is 19.2 Å². The second kappa shape index (κ2) is 9.33. The van der Waals surface area contributed by atoms with E-state index < -0.39 is 11.9 Å². The van der Waals surface area contributed by atoms with Crippen molar-refractivity contribution in [2.75, 3.05) is 0 Å². The molecule has 0 spiro atoms. The quantitative estimate of drug-likeness (QED) is 0.567. The summed E-state index contributed by atoms with van der Waals surface area (Å²) in [4.78, 5) is 44.6. The number of Topliss-reactive ketones (excluding diaryl/α,β-unsaturated/α-hetero) is 2. The van der Waals surface area contributed by atoms with Crippen molar-refractivity contribution in [3.8, 4) is 0 Å². The lowest BCUT2D eigenvalue weighted by molar-refractivity contribution is -0.138. The van der Waals surface area contributed by atoms with Crippen LogP contribution in [0.2, 0.25) is 0 Å². The molecule has 0 aromatic rings. The molecule has 1 rings (SSSR count). The van der Waals surface area contributed by atoms with Crippen LogP contribution < -0.4 is 0 Å². The van der Waals surface area contributed by atoms with Gasteiger partial charge in [0.1, 0.15) is 11.6 Å². The smallest absolute Gasteiger partial charge is 0.303 e. The van der Waals surface area contributed by atoms with E-state index in [1.165, 1.54) is 0 Å². The molecule has 0 heterocycles. The second-order valence-electron chi connectivity index (χ2n) is 5.98. The number of carbonyl (C=O) groups excluding carboxylic acids is 2. The SMILES string of the molecule is O=C(O)CCCCC(=O)CC[C@H]1C(=O)CC[C@@H]1CCC(=O)O. The Kier molecular flexibility index (Phi) is 7.77. The van der Waals surface area contributed by atoms with E-state index in [0.29, 0.717) is 44.9 Å². The van der Waals surface area contributed by atoms with Crippen LogP contribution >= 0.6 is 0 Å². The predicted octanol–water partition coefficient (Wildman–Crippen LogP) is 2.44. The van der Waals surface area contributed by atoms with Gasteiger partial charge in [0.05, 0.1) is 0 Å². The zero-order valence-electron chi connectivity index (χ0n) is 12.8. The van der Waals surface area contributed by atoms with Crippen molar-refractivity contribution in [2.24, 2.45) is 11.8 Å². The number of carboxylic acids is 2. The Labute approximate surface area is 129 Å². The van der Waals surface area contributed by atoms with E-state index in [4.69, 9.17) is 10.2 Å². The minimum Gasteiger partial charge on any atom is -0.481 e. The van der Waals surface area contributed by atoms with Crippen LogP contribution in [0.4, 0.5) is 0 Å². The van der Waals surface area contributed by atoms with Gasteiger partial charge in [-0.1, -0.05) is 0 Å². The van der Waals surface area contributed by atoms with Gasteiger partial charge in [-0.05, 0) is 38.0 Å². The van der Waals surface area contributed by atoms with Crippen LogP contribution in [-0.4, -0.2) is 33.7 Å². The molecule has 6 heteroatoms. The number of aliphatic carboxylic acids is 2. The van der Waals surface area contributed by atoms with Crippen LogP contribution in [0.1, 0.15) is 64.2 Å². The third-order valence-corrected chi connectivity index (χ3v) is 4.30. The van der Waals surface area contributed by atoms with E-state index in [1.54, 1.807) is 0 Å². The third kappa shape index (κ3) is 6.83. The first-order chi connectivity index (χ1) is 10.4. The van der Waals surface area contributed by atoms with Crippen molar-refractivity contribution in [1.82, 2.24) is 0 Å². The molecule has 1 saturated carbocycles. The van der Waals surface area contributed by atoms with E-state index in [-0.39, 0.29) is 36.2 Å². The van der Waals surface area contributed by atoms with Crippen molar-refractivity contribution < 1.29 is 29.4 Å². The van der Waals surface area contributed by atoms with Crippen LogP contribution in [0.25, 0.3) is 0 Å². The standard InChI is InChI=1S/C16H24O6/c17-12(3-1-2-4-15(19)20)7-8-13-11(5-9-14(13)18)6-10-16(21)22/h11,13H,1-10H2,(H,19,20)(H,21,22)/t11-,13-/m1/s1. The highest BCUT2D eigenvalue weighted by molar-refractivity contribution is 5.85. The molecule has 0 bridgehead atoms. The maximum Gasteiger partial charge on any atom is 0.303 e. The van der Waals surface area contributed by atoms with Gasteiger partial charge in [0, 0.05) is 38.0 Å². The molecule has 0 unspecified atom stereocenters. The molecule has 6 nitrogen and oxygen atoms in total. The van der Waals surface area contributed by atoms with Gasteiger partial charge in [0.2, 0.25) is 0 Å². The van der Waals surface area contributed by atoms with Gasteiger partial charge >= 0.3 is 11.9 Å². The molecule has 0 aromatic carbocycles. The number of carboxylic acid groups (broad SMARTS) is 2. The van der Waals surface area contributed by atoms with Crippen molar-refractivity contribution in [3.05, 3.63) is 0 Å². The summed E-state index contributed by atoms with van der Waals surface area (Å²) in [7, 11) is 0. The zero-order valence-corrected chi connectivity index (χ0v) is 12.8. The van der Waals surface area contributed by atoms with Crippen LogP contribution in [0.15, 0.2) is 0 Å². The Hall–Kier alpha value is -1.72. The highest BCUT2D eigenvalue weighted by Gasteiger charge is 2.34. The first kappa shape index (κ1) is 18.3. The molecule has 2 atom stereocenters. The number of hydrogen-bond donors (Lipinski definition) is 2. The van der Waals surface area contributed by atoms with Gasteiger partial charge in [0.15, 0.2) is 0 Å². The molecular formula is C16H24O6. The summed E-state index contributed by atoms with van der Waals surface area (Å²) in [6, 6.07) is 0. The molecule has 1 aliphatic carbocycles. The van der Waals surface area contributed by atoms with Crippen LogP contribution in [0, 0.1) is 11.8 Å². The fourth-order valence-electron chi connectivity index (χ4n) is 3.07. The predicted molar refractivity (Wildman–Crippen MR) is 78.4 cm³/mol. The maximum atomic E-state index is 11.9. The summed E-state index contributed by atoms with van der Waals surface area (Å²) in [5, 5.41) is 17.2. The van der Waals surface area contributed by atoms with Crippen molar-refractivity contribution in [2.45, 2.75) is 64.2 Å². The van der Waals surface area contributed by atoms with Crippen molar-refractivity contribution >= 4 is 23.5 Å². The lowest BCUT2D eigenvalue weighted by Gasteiger charge is -2.17. The summed E-state index contributed by atoms with van der Waals surface area (Å²) in [5.41, 5.74) is 0. The van der Waals surface area contributed by atoms with Gasteiger partial charge in [0.25, 0.3) is 0 Å². The molecule has 0 aliphatic heterocycles. The fourth-order valence-corrected chi connectivity index (χ4v) is 3.07. The zero-order chi connectivity index (χ0) is 16.5. The highest BCUT2D eigenvalue weighted by Crippen LogP contribution is 2.35. The van der Waals surface area contributed by atoms with Gasteiger partial charge in [-0.2, -0.15) is 0 Å². The lowest BCUT2D eigenvalue weighted by Crippen LogP contribution is -2.17. The molecule has 0 saturated heterocycles. The van der Waals surface area contributed by atoms with E-state index in [2.05, 4.69) is 0 Å². The average molecular weight is 312 g/mol. The minimum atomic E-state index is -0.856. The Morgan fingerprint density at radius 2 is 1.55 bits per heavy atom. The molecule has 1 aliphatic rings. The van der Waals surface area contributed by atoms with E-state index >= 15 is 0 Å². The summed E-state index contributed by atoms with van der Waals surface area (Å²) in [6.07, 6.45) is 4.09. The number of unbranched alkanes of at least 4 members (excludes halogenated alkanes) is 1. The minimum absolute atomic E-state index is 0.0575. The lowest BCUT2D eigenvalue weighted by atomic mass is 9.86. The van der Waals surface area contributed by atoms with E-state index in [9.17, 15) is 19.2 Å². The van der Waals surface area contributed by atoms with Gasteiger partial charge in [-0.15, -0.1) is 0 Å². The average Bonchev–Trinajstić information content (AvgIpc) is 2.79. The Morgan fingerprint density at radius 1 is 0.909 bits per heavy atom. The number of carbonyl (C=O) groups is 4. The molecule has 124 valence electrons. The Morgan fingerprint density at radius 3 is 2.18 bits per heavy atom. The monoisotopic (exact) mass is 312 g/mol. The van der Waals surface area contributed by atoms with Crippen molar-refractivity contribution in [1.29, 1.82) is 0 Å². The molecule has 0 aromatic heterocycles.